The maximum absolute atomic E-state index is 12.2. The second-order valence-electron chi connectivity index (χ2n) is 6.23. The monoisotopic (exact) mass is 351 g/mol. The number of ether oxygens (including phenoxy) is 1. The summed E-state index contributed by atoms with van der Waals surface area (Å²) < 4.78 is 5.15. The van der Waals surface area contributed by atoms with Crippen molar-refractivity contribution in [2.45, 2.75) is 23.5 Å². The predicted molar refractivity (Wildman–Crippen MR) is 99.9 cm³/mol. The van der Waals surface area contributed by atoms with Gasteiger partial charge in [-0.25, -0.2) is 0 Å². The molecule has 1 aromatic rings. The van der Waals surface area contributed by atoms with Crippen LogP contribution in [0.25, 0.3) is 0 Å². The van der Waals surface area contributed by atoms with E-state index in [0.717, 1.165) is 56.3 Å². The molecule has 1 heterocycles. The van der Waals surface area contributed by atoms with Crippen LogP contribution in [0.15, 0.2) is 29.2 Å². The number of nitrogens with one attached hydrogen (secondary N) is 1. The molecule has 1 atom stereocenters. The first-order valence-corrected chi connectivity index (χ1v) is 9.46. The van der Waals surface area contributed by atoms with Gasteiger partial charge in [-0.15, -0.1) is 11.8 Å². The molecule has 0 spiro atoms. The highest BCUT2D eigenvalue weighted by molar-refractivity contribution is 8.00. The van der Waals surface area contributed by atoms with Crippen molar-refractivity contribution in [3.05, 3.63) is 24.3 Å². The van der Waals surface area contributed by atoms with Crippen LogP contribution >= 0.6 is 11.8 Å². The molecule has 24 heavy (non-hydrogen) atoms. The van der Waals surface area contributed by atoms with Gasteiger partial charge in [0.25, 0.3) is 0 Å². The Kier molecular flexibility index (Phi) is 7.88. The predicted octanol–water partition coefficient (Wildman–Crippen LogP) is 1.93. The van der Waals surface area contributed by atoms with Crippen LogP contribution in [0.1, 0.15) is 13.3 Å². The van der Waals surface area contributed by atoms with Crippen molar-refractivity contribution in [2.24, 2.45) is 0 Å². The number of hydrogen-bond donors (Lipinski definition) is 1. The lowest BCUT2D eigenvalue weighted by molar-refractivity contribution is -0.120. The quantitative estimate of drug-likeness (QED) is 0.573. The summed E-state index contributed by atoms with van der Waals surface area (Å²) >= 11 is 1.57. The van der Waals surface area contributed by atoms with Crippen LogP contribution in [0.2, 0.25) is 0 Å². The largest absolute Gasteiger partial charge is 0.497 e. The van der Waals surface area contributed by atoms with Crippen LogP contribution in [0.5, 0.6) is 5.75 Å². The normalized spacial score (nSPS) is 17.5. The van der Waals surface area contributed by atoms with Gasteiger partial charge in [0.2, 0.25) is 5.91 Å². The third-order valence-corrected chi connectivity index (χ3v) is 5.40. The van der Waals surface area contributed by atoms with Gasteiger partial charge in [0.15, 0.2) is 0 Å². The van der Waals surface area contributed by atoms with E-state index in [1.165, 1.54) is 0 Å². The fraction of sp³-hybridized carbons (Fsp3) is 0.611. The molecule has 0 bridgehead atoms. The highest BCUT2D eigenvalue weighted by atomic mass is 32.2. The SMILES string of the molecule is COc1ccc(S[C@@H](C)C(=O)NCCCN2CCN(C)CC2)cc1. The fourth-order valence-corrected chi connectivity index (χ4v) is 3.53. The molecule has 0 aliphatic carbocycles. The van der Waals surface area contributed by atoms with Crippen LogP contribution in [-0.2, 0) is 4.79 Å². The summed E-state index contributed by atoms with van der Waals surface area (Å²) in [6.45, 7) is 8.31. The third kappa shape index (κ3) is 6.34. The lowest BCUT2D eigenvalue weighted by atomic mass is 10.3. The molecular weight excluding hydrogens is 322 g/mol. The van der Waals surface area contributed by atoms with Crippen molar-refractivity contribution in [1.29, 1.82) is 0 Å². The molecule has 5 nitrogen and oxygen atoms in total. The first-order valence-electron chi connectivity index (χ1n) is 8.58. The molecule has 1 aliphatic heterocycles. The first kappa shape index (κ1) is 19.1. The van der Waals surface area contributed by atoms with E-state index in [1.807, 2.05) is 31.2 Å². The van der Waals surface area contributed by atoms with Gasteiger partial charge in [-0.2, -0.15) is 0 Å². The van der Waals surface area contributed by atoms with E-state index in [2.05, 4.69) is 22.2 Å². The summed E-state index contributed by atoms with van der Waals surface area (Å²) in [6, 6.07) is 7.81. The van der Waals surface area contributed by atoms with Gasteiger partial charge < -0.3 is 19.9 Å². The lowest BCUT2D eigenvalue weighted by Gasteiger charge is -2.32. The Balaban J connectivity index is 1.62. The van der Waals surface area contributed by atoms with Gasteiger partial charge in [-0.05, 0) is 51.2 Å². The number of carbonyl (C=O) groups is 1. The van der Waals surface area contributed by atoms with Gasteiger partial charge in [-0.1, -0.05) is 0 Å². The maximum atomic E-state index is 12.2. The summed E-state index contributed by atoms with van der Waals surface area (Å²) in [4.78, 5) is 18.1. The van der Waals surface area contributed by atoms with Crippen molar-refractivity contribution in [2.75, 3.05) is 53.4 Å². The molecule has 1 saturated heterocycles. The summed E-state index contributed by atoms with van der Waals surface area (Å²) in [5, 5.41) is 2.96. The number of rotatable bonds is 8. The second kappa shape index (κ2) is 9.91. The summed E-state index contributed by atoms with van der Waals surface area (Å²) in [6.07, 6.45) is 1.01. The Hall–Kier alpha value is -1.24. The van der Waals surface area contributed by atoms with Crippen molar-refractivity contribution in [1.82, 2.24) is 15.1 Å². The number of piperazine rings is 1. The van der Waals surface area contributed by atoms with Gasteiger partial charge in [0.1, 0.15) is 5.75 Å². The molecule has 1 aromatic carbocycles. The van der Waals surface area contributed by atoms with Gasteiger partial charge in [0.05, 0.1) is 12.4 Å². The molecule has 1 aliphatic rings. The number of hydrogen-bond acceptors (Lipinski definition) is 5. The zero-order valence-corrected chi connectivity index (χ0v) is 15.8. The Morgan fingerprint density at radius 2 is 1.92 bits per heavy atom. The third-order valence-electron chi connectivity index (χ3n) is 4.29. The number of nitrogens with zero attached hydrogens (tertiary/aromatic N) is 2. The molecule has 1 N–H and O–H groups in total. The van der Waals surface area contributed by atoms with E-state index < -0.39 is 0 Å². The molecule has 2 rings (SSSR count). The van der Waals surface area contributed by atoms with Crippen LogP contribution < -0.4 is 10.1 Å². The number of amides is 1. The Morgan fingerprint density at radius 3 is 2.54 bits per heavy atom. The lowest BCUT2D eigenvalue weighted by Crippen LogP contribution is -2.45. The van der Waals surface area contributed by atoms with Crippen LogP contribution in [0.3, 0.4) is 0 Å². The van der Waals surface area contributed by atoms with Crippen molar-refractivity contribution in [3.63, 3.8) is 0 Å². The molecule has 1 fully saturated rings. The molecule has 134 valence electrons. The average Bonchev–Trinajstić information content (AvgIpc) is 2.60. The Labute approximate surface area is 149 Å². The average molecular weight is 352 g/mol. The van der Waals surface area contributed by atoms with Gasteiger partial charge in [0, 0.05) is 37.6 Å². The number of methoxy groups -OCH3 is 1. The molecule has 0 radical (unpaired) electrons. The van der Waals surface area contributed by atoms with E-state index >= 15 is 0 Å². The number of benzene rings is 1. The summed E-state index contributed by atoms with van der Waals surface area (Å²) in [5.41, 5.74) is 0. The van der Waals surface area contributed by atoms with Crippen molar-refractivity contribution in [3.8, 4) is 5.75 Å². The van der Waals surface area contributed by atoms with Crippen LogP contribution in [0.4, 0.5) is 0 Å². The Morgan fingerprint density at radius 1 is 1.25 bits per heavy atom. The van der Waals surface area contributed by atoms with E-state index in [0.29, 0.717) is 0 Å². The highest BCUT2D eigenvalue weighted by Gasteiger charge is 2.15. The maximum Gasteiger partial charge on any atom is 0.233 e. The van der Waals surface area contributed by atoms with Crippen molar-refractivity contribution >= 4 is 17.7 Å². The van der Waals surface area contributed by atoms with Crippen LogP contribution in [0, 0.1) is 0 Å². The number of carbonyl (C=O) groups excluding carboxylic acids is 1. The minimum Gasteiger partial charge on any atom is -0.497 e. The smallest absolute Gasteiger partial charge is 0.233 e. The van der Waals surface area contributed by atoms with E-state index in [9.17, 15) is 4.79 Å². The van der Waals surface area contributed by atoms with Gasteiger partial charge >= 0.3 is 0 Å². The minimum absolute atomic E-state index is 0.0953. The molecule has 0 saturated carbocycles. The van der Waals surface area contributed by atoms with E-state index in [4.69, 9.17) is 4.74 Å². The van der Waals surface area contributed by atoms with Crippen molar-refractivity contribution < 1.29 is 9.53 Å². The summed E-state index contributed by atoms with van der Waals surface area (Å²) in [7, 11) is 3.82. The van der Waals surface area contributed by atoms with E-state index in [1.54, 1.807) is 18.9 Å². The molecule has 0 unspecified atom stereocenters. The number of likely N-dealkylation sites (N-methyl/N-ethyl adjacent to an activating group) is 1. The Bertz CT molecular complexity index is 501. The zero-order chi connectivity index (χ0) is 17.4. The fourth-order valence-electron chi connectivity index (χ4n) is 2.64. The van der Waals surface area contributed by atoms with E-state index in [-0.39, 0.29) is 11.2 Å². The molecule has 0 aromatic heterocycles. The molecular formula is C18H29N3O2S. The minimum atomic E-state index is -0.0953. The zero-order valence-electron chi connectivity index (χ0n) is 15.0. The first-order chi connectivity index (χ1) is 11.6. The summed E-state index contributed by atoms with van der Waals surface area (Å²) in [5.74, 6) is 0.939. The molecule has 1 amide bonds. The standard InChI is InChI=1S/C18H29N3O2S/c1-15(24-17-7-5-16(23-3)6-8-17)18(22)19-9-4-10-21-13-11-20(2)12-14-21/h5-8,15H,4,9-14H2,1-3H3,(H,19,22)/t15-/m0/s1. The number of thioether (sulfide) groups is 1. The molecule has 6 heteroatoms. The highest BCUT2D eigenvalue weighted by Crippen LogP contribution is 2.25. The topological polar surface area (TPSA) is 44.8 Å². The second-order valence-corrected chi connectivity index (χ2v) is 7.64. The van der Waals surface area contributed by atoms with Crippen LogP contribution in [-0.4, -0.2) is 74.4 Å². The van der Waals surface area contributed by atoms with Gasteiger partial charge in [-0.3, -0.25) is 4.79 Å².